The predicted octanol–water partition coefficient (Wildman–Crippen LogP) is 3.55. The number of methoxy groups -OCH3 is 2. The maximum atomic E-state index is 13.5. The molecule has 14 heteroatoms. The molecule has 3 aromatic rings. The van der Waals surface area contributed by atoms with E-state index in [9.17, 15) is 17.5 Å². The first kappa shape index (κ1) is 27.1. The van der Waals surface area contributed by atoms with Crippen LogP contribution in [0.4, 0.5) is 5.95 Å². The van der Waals surface area contributed by atoms with Crippen LogP contribution in [0.5, 0.6) is 11.5 Å². The summed E-state index contributed by atoms with van der Waals surface area (Å²) in [5.74, 6) is 0.992. The topological polar surface area (TPSA) is 162 Å². The third kappa shape index (κ3) is 5.51. The van der Waals surface area contributed by atoms with E-state index in [4.69, 9.17) is 9.47 Å². The van der Waals surface area contributed by atoms with Gasteiger partial charge in [0, 0.05) is 35.7 Å². The van der Waals surface area contributed by atoms with E-state index in [0.717, 1.165) is 5.56 Å². The van der Waals surface area contributed by atoms with Crippen molar-refractivity contribution in [1.82, 2.24) is 24.7 Å². The fourth-order valence-corrected chi connectivity index (χ4v) is 7.28. The molecule has 0 spiro atoms. The summed E-state index contributed by atoms with van der Waals surface area (Å²) >= 11 is 0. The molecule has 1 aliphatic heterocycles. The number of hydrogen-bond donors (Lipinski definition) is 3. The van der Waals surface area contributed by atoms with Crippen molar-refractivity contribution >= 4 is 26.6 Å². The SMILES string of the molecule is COc1cccc(OC)c1-n1c(NS(=O)(=O)[C@@H](C)[C@H](C)c2ncc(C)cn2)nnc1[C@H]1CCS(O)(O)C1. The van der Waals surface area contributed by atoms with Crippen molar-refractivity contribution in [3.8, 4) is 17.2 Å². The van der Waals surface area contributed by atoms with Crippen molar-refractivity contribution in [2.24, 2.45) is 0 Å². The van der Waals surface area contributed by atoms with Crippen molar-refractivity contribution in [3.63, 3.8) is 0 Å². The van der Waals surface area contributed by atoms with Crippen molar-refractivity contribution in [2.75, 3.05) is 30.4 Å². The van der Waals surface area contributed by atoms with Crippen LogP contribution in [0.3, 0.4) is 0 Å². The Hall–Kier alpha value is -2.94. The highest BCUT2D eigenvalue weighted by atomic mass is 32.3. The molecule has 0 bridgehead atoms. The lowest BCUT2D eigenvalue weighted by Crippen LogP contribution is -2.31. The summed E-state index contributed by atoms with van der Waals surface area (Å²) in [6, 6.07) is 5.16. The lowest BCUT2D eigenvalue weighted by Gasteiger charge is -2.26. The van der Waals surface area contributed by atoms with Gasteiger partial charge in [0.15, 0.2) is 0 Å². The van der Waals surface area contributed by atoms with Crippen LogP contribution in [-0.2, 0) is 10.0 Å². The zero-order chi connectivity index (χ0) is 27.0. The Morgan fingerprint density at radius 1 is 1.11 bits per heavy atom. The molecule has 3 N–H and O–H groups in total. The smallest absolute Gasteiger partial charge is 0.243 e. The van der Waals surface area contributed by atoms with Crippen molar-refractivity contribution < 1.29 is 27.0 Å². The van der Waals surface area contributed by atoms with Crippen LogP contribution in [-0.4, -0.2) is 73.2 Å². The quantitative estimate of drug-likeness (QED) is 0.358. The summed E-state index contributed by atoms with van der Waals surface area (Å²) in [6.45, 7) is 5.18. The van der Waals surface area contributed by atoms with Crippen LogP contribution in [0, 0.1) is 6.92 Å². The van der Waals surface area contributed by atoms with Gasteiger partial charge in [0.25, 0.3) is 0 Å². The van der Waals surface area contributed by atoms with E-state index in [1.54, 1.807) is 44.4 Å². The molecule has 3 atom stereocenters. The lowest BCUT2D eigenvalue weighted by atomic mass is 10.1. The molecular formula is C23H32N6O6S2. The van der Waals surface area contributed by atoms with Crippen LogP contribution >= 0.6 is 10.6 Å². The number of anilines is 1. The zero-order valence-electron chi connectivity index (χ0n) is 21.3. The number of benzene rings is 1. The number of para-hydroxylation sites is 1. The van der Waals surface area contributed by atoms with Gasteiger partial charge in [-0.05, 0) is 38.0 Å². The molecule has 4 rings (SSSR count). The molecule has 1 aromatic carbocycles. The van der Waals surface area contributed by atoms with E-state index in [1.807, 2.05) is 6.92 Å². The number of sulfonamides is 1. The number of ether oxygens (including phenoxy) is 2. The Labute approximate surface area is 217 Å². The first-order chi connectivity index (χ1) is 17.5. The number of hydrogen-bond acceptors (Lipinski definition) is 10. The minimum absolute atomic E-state index is 0.0648. The standard InChI is InChI=1S/C23H32N6O6S2/c1-14-11-24-21(25-12-14)15(2)16(3)37(32,33)28-23-27-26-22(17-9-10-36(30,31)13-17)29(23)20-18(34-4)7-6-8-19(20)35-5/h6-8,11-12,15-17,30-31H,9-10,13H2,1-5H3,(H,27,28)/t15-,16-,17-/m0/s1. The number of aromatic nitrogens is 5. The van der Waals surface area contributed by atoms with Crippen molar-refractivity contribution in [3.05, 3.63) is 47.8 Å². The van der Waals surface area contributed by atoms with Gasteiger partial charge in [0.05, 0.1) is 19.5 Å². The van der Waals surface area contributed by atoms with Gasteiger partial charge in [0.2, 0.25) is 16.0 Å². The van der Waals surface area contributed by atoms with Gasteiger partial charge < -0.3 is 9.47 Å². The number of aryl methyl sites for hydroxylation is 1. The largest absolute Gasteiger partial charge is 0.494 e. The fourth-order valence-electron chi connectivity index (χ4n) is 4.26. The number of rotatable bonds is 9. The normalized spacial score (nSPS) is 19.7. The molecule has 1 fully saturated rings. The van der Waals surface area contributed by atoms with E-state index in [0.29, 0.717) is 35.3 Å². The van der Waals surface area contributed by atoms with Crippen molar-refractivity contribution in [1.29, 1.82) is 0 Å². The highest BCUT2D eigenvalue weighted by Crippen LogP contribution is 2.52. The molecular weight excluding hydrogens is 520 g/mol. The average Bonchev–Trinajstić information content (AvgIpc) is 3.44. The highest BCUT2D eigenvalue weighted by Gasteiger charge is 2.37. The van der Waals surface area contributed by atoms with E-state index < -0.39 is 31.8 Å². The maximum Gasteiger partial charge on any atom is 0.243 e. The number of nitrogens with one attached hydrogen (secondary N) is 1. The highest BCUT2D eigenvalue weighted by molar-refractivity contribution is 8.24. The van der Waals surface area contributed by atoms with Crippen LogP contribution in [0.2, 0.25) is 0 Å². The minimum atomic E-state index is -4.00. The summed E-state index contributed by atoms with van der Waals surface area (Å²) in [4.78, 5) is 8.57. The molecule has 0 radical (unpaired) electrons. The molecule has 2 aromatic heterocycles. The second kappa shape index (κ2) is 10.4. The molecule has 202 valence electrons. The summed E-state index contributed by atoms with van der Waals surface area (Å²) in [5.41, 5.74) is 1.27. The van der Waals surface area contributed by atoms with Gasteiger partial charge in [0.1, 0.15) is 28.8 Å². The van der Waals surface area contributed by atoms with Crippen LogP contribution in [0.25, 0.3) is 5.69 Å². The van der Waals surface area contributed by atoms with Crippen LogP contribution in [0.15, 0.2) is 30.6 Å². The minimum Gasteiger partial charge on any atom is -0.494 e. The van der Waals surface area contributed by atoms with E-state index in [2.05, 4.69) is 24.9 Å². The maximum absolute atomic E-state index is 13.5. The van der Waals surface area contributed by atoms with Gasteiger partial charge >= 0.3 is 0 Å². The third-order valence-corrected chi connectivity index (χ3v) is 10.3. The Kier molecular flexibility index (Phi) is 7.65. The second-order valence-corrected chi connectivity index (χ2v) is 13.5. The molecule has 1 aliphatic rings. The van der Waals surface area contributed by atoms with E-state index >= 15 is 0 Å². The predicted molar refractivity (Wildman–Crippen MR) is 142 cm³/mol. The fraction of sp³-hybridized carbons (Fsp3) is 0.478. The first-order valence-corrected chi connectivity index (χ1v) is 15.1. The second-order valence-electron chi connectivity index (χ2n) is 9.15. The monoisotopic (exact) mass is 552 g/mol. The molecule has 0 unspecified atom stereocenters. The van der Waals surface area contributed by atoms with Crippen molar-refractivity contribution in [2.45, 2.75) is 44.3 Å². The number of nitrogens with zero attached hydrogens (tertiary/aromatic N) is 5. The molecule has 12 nitrogen and oxygen atoms in total. The summed E-state index contributed by atoms with van der Waals surface area (Å²) < 4.78 is 62.8. The summed E-state index contributed by atoms with van der Waals surface area (Å²) in [5, 5.41) is 7.55. The summed E-state index contributed by atoms with van der Waals surface area (Å²) in [7, 11) is -3.78. The molecule has 0 amide bonds. The molecule has 1 saturated heterocycles. The van der Waals surface area contributed by atoms with Crippen LogP contribution < -0.4 is 14.2 Å². The third-order valence-electron chi connectivity index (χ3n) is 6.58. The Morgan fingerprint density at radius 3 is 2.27 bits per heavy atom. The van der Waals surface area contributed by atoms with Gasteiger partial charge in [-0.2, -0.15) is 10.6 Å². The van der Waals surface area contributed by atoms with Gasteiger partial charge in [-0.3, -0.25) is 18.4 Å². The lowest BCUT2D eigenvalue weighted by molar-refractivity contribution is 0.390. The summed E-state index contributed by atoms with van der Waals surface area (Å²) in [6.07, 6.45) is 3.76. The first-order valence-electron chi connectivity index (χ1n) is 11.7. The molecule has 37 heavy (non-hydrogen) atoms. The Morgan fingerprint density at radius 2 is 1.73 bits per heavy atom. The Balaban J connectivity index is 1.78. The van der Waals surface area contributed by atoms with E-state index in [1.165, 1.54) is 18.8 Å². The molecule has 0 aliphatic carbocycles. The zero-order valence-corrected chi connectivity index (χ0v) is 23.0. The Bertz CT molecular complexity index is 1340. The van der Waals surface area contributed by atoms with Gasteiger partial charge in [-0.15, -0.1) is 10.2 Å². The average molecular weight is 553 g/mol. The van der Waals surface area contributed by atoms with Crippen LogP contribution in [0.1, 0.15) is 49.3 Å². The van der Waals surface area contributed by atoms with Gasteiger partial charge in [-0.1, -0.05) is 13.0 Å². The molecule has 3 heterocycles. The van der Waals surface area contributed by atoms with Gasteiger partial charge in [-0.25, -0.2) is 18.4 Å². The molecule has 0 saturated carbocycles. The van der Waals surface area contributed by atoms with E-state index in [-0.39, 0.29) is 23.4 Å².